The first kappa shape index (κ1) is 25.8. The molecule has 0 unspecified atom stereocenters. The van der Waals surface area contributed by atoms with Gasteiger partial charge < -0.3 is 25.6 Å². The van der Waals surface area contributed by atoms with Gasteiger partial charge in [0.1, 0.15) is 18.5 Å². The van der Waals surface area contributed by atoms with E-state index in [9.17, 15) is 25.1 Å². The molecule has 1 aromatic carbocycles. The fourth-order valence-corrected chi connectivity index (χ4v) is 4.79. The quantitative estimate of drug-likeness (QED) is 0.161. The van der Waals surface area contributed by atoms with E-state index in [1.807, 2.05) is 0 Å². The van der Waals surface area contributed by atoms with E-state index in [1.54, 1.807) is 16.7 Å². The van der Waals surface area contributed by atoms with Gasteiger partial charge in [0.15, 0.2) is 23.2 Å². The predicted octanol–water partition coefficient (Wildman–Crippen LogP) is 0.878. The van der Waals surface area contributed by atoms with E-state index in [0.29, 0.717) is 48.0 Å². The maximum Gasteiger partial charge on any atom is 0.269 e. The van der Waals surface area contributed by atoms with Crippen LogP contribution in [0.15, 0.2) is 36.9 Å². The first-order valence-corrected chi connectivity index (χ1v) is 12.5. The topological polar surface area (TPSA) is 178 Å². The Hall–Kier alpha value is -3.33. The summed E-state index contributed by atoms with van der Waals surface area (Å²) in [5, 5.41) is 37.8. The number of fused-ring (bicyclic) bond motifs is 1. The van der Waals surface area contributed by atoms with Gasteiger partial charge in [-0.3, -0.25) is 19.5 Å². The molecule has 1 amide bonds. The van der Waals surface area contributed by atoms with Crippen molar-refractivity contribution in [3.05, 3.63) is 52.6 Å². The van der Waals surface area contributed by atoms with Gasteiger partial charge >= 0.3 is 0 Å². The van der Waals surface area contributed by atoms with Crippen LogP contribution in [0.1, 0.15) is 18.7 Å². The number of nitrogens with zero attached hydrogens (tertiary/aromatic N) is 5. The van der Waals surface area contributed by atoms with E-state index in [1.165, 1.54) is 43.5 Å². The van der Waals surface area contributed by atoms with Crippen LogP contribution in [0.2, 0.25) is 0 Å². The monoisotopic (exact) mass is 517 g/mol. The largest absolute Gasteiger partial charge is 0.387 e. The van der Waals surface area contributed by atoms with Crippen molar-refractivity contribution in [2.45, 2.75) is 37.9 Å². The highest BCUT2D eigenvalue weighted by molar-refractivity contribution is 7.99. The van der Waals surface area contributed by atoms with E-state index in [0.717, 1.165) is 5.56 Å². The number of carbonyl (C=O) groups is 1. The summed E-state index contributed by atoms with van der Waals surface area (Å²) in [7, 11) is 0. The summed E-state index contributed by atoms with van der Waals surface area (Å²) in [6, 6.07) is 6.36. The molecule has 4 atom stereocenters. The SMILES string of the molecule is CC(=O)NCCSC[C@H]1O[C@@H](n2cnc3c(NCCc4ccc([N+](=O)[O-])cc4)ncnc32)[C@H](O)[C@@H]1O. The Morgan fingerprint density at radius 2 is 1.97 bits per heavy atom. The zero-order chi connectivity index (χ0) is 25.7. The molecule has 3 heterocycles. The highest BCUT2D eigenvalue weighted by Gasteiger charge is 2.44. The van der Waals surface area contributed by atoms with Crippen molar-refractivity contribution in [2.75, 3.05) is 29.9 Å². The van der Waals surface area contributed by atoms with Gasteiger partial charge in [0, 0.05) is 43.7 Å². The number of aliphatic hydroxyl groups excluding tert-OH is 2. The van der Waals surface area contributed by atoms with Crippen LogP contribution in [0, 0.1) is 10.1 Å². The summed E-state index contributed by atoms with van der Waals surface area (Å²) >= 11 is 1.51. The second kappa shape index (κ2) is 11.6. The van der Waals surface area contributed by atoms with Gasteiger partial charge in [-0.2, -0.15) is 11.8 Å². The van der Waals surface area contributed by atoms with Crippen LogP contribution in [-0.2, 0) is 16.0 Å². The lowest BCUT2D eigenvalue weighted by atomic mass is 10.1. The molecule has 0 radical (unpaired) electrons. The number of anilines is 1. The Kier molecular flexibility index (Phi) is 8.30. The Morgan fingerprint density at radius 3 is 2.69 bits per heavy atom. The summed E-state index contributed by atoms with van der Waals surface area (Å²) in [5.74, 6) is 1.50. The van der Waals surface area contributed by atoms with Crippen molar-refractivity contribution < 1.29 is 24.7 Å². The van der Waals surface area contributed by atoms with Crippen molar-refractivity contribution in [1.82, 2.24) is 24.8 Å². The van der Waals surface area contributed by atoms with E-state index in [2.05, 4.69) is 25.6 Å². The number of amides is 1. The number of benzene rings is 1. The summed E-state index contributed by atoms with van der Waals surface area (Å²) in [4.78, 5) is 34.3. The van der Waals surface area contributed by atoms with E-state index >= 15 is 0 Å². The molecule has 4 rings (SSSR count). The fourth-order valence-electron chi connectivity index (χ4n) is 3.87. The lowest BCUT2D eigenvalue weighted by Gasteiger charge is -2.16. The average Bonchev–Trinajstić information content (AvgIpc) is 3.41. The molecule has 0 spiro atoms. The standard InChI is InChI=1S/C22H27N7O6S/c1-13(30)23-8-9-36-10-16-18(31)19(32)22(35-16)28-12-27-17-20(25-11-26-21(17)28)24-7-6-14-2-4-15(5-3-14)29(33)34/h2-5,11-12,16,18-19,22,31-32H,6-10H2,1H3,(H,23,30)(H,24,25,26)/t16-,18-,19-,22-/m1/s1. The Bertz CT molecular complexity index is 1210. The number of nitro benzene ring substituents is 1. The normalized spacial score (nSPS) is 21.5. The second-order valence-electron chi connectivity index (χ2n) is 8.25. The molecule has 1 saturated heterocycles. The molecule has 0 aliphatic carbocycles. The zero-order valence-electron chi connectivity index (χ0n) is 19.5. The number of ether oxygens (including phenoxy) is 1. The number of nitrogens with one attached hydrogen (secondary N) is 2. The summed E-state index contributed by atoms with van der Waals surface area (Å²) in [5.41, 5.74) is 1.90. The van der Waals surface area contributed by atoms with Gasteiger partial charge in [0.05, 0.1) is 17.4 Å². The molecule has 1 aliphatic rings. The number of nitro groups is 1. The maximum absolute atomic E-state index is 11.0. The second-order valence-corrected chi connectivity index (χ2v) is 9.40. The third-order valence-corrected chi connectivity index (χ3v) is 6.78. The van der Waals surface area contributed by atoms with Crippen LogP contribution in [0.25, 0.3) is 11.2 Å². The Balaban J connectivity index is 1.38. The van der Waals surface area contributed by atoms with Crippen molar-refractivity contribution in [3.63, 3.8) is 0 Å². The fraction of sp³-hybridized carbons (Fsp3) is 0.455. The van der Waals surface area contributed by atoms with Crippen LogP contribution in [-0.4, -0.2) is 83.5 Å². The molecule has 36 heavy (non-hydrogen) atoms. The van der Waals surface area contributed by atoms with Gasteiger partial charge in [-0.15, -0.1) is 0 Å². The number of aromatic nitrogens is 4. The summed E-state index contributed by atoms with van der Waals surface area (Å²) in [6.07, 6.45) is -0.226. The number of hydrogen-bond donors (Lipinski definition) is 4. The average molecular weight is 518 g/mol. The van der Waals surface area contributed by atoms with Crippen molar-refractivity contribution in [2.24, 2.45) is 0 Å². The number of imidazole rings is 1. The predicted molar refractivity (Wildman–Crippen MR) is 133 cm³/mol. The van der Waals surface area contributed by atoms with Crippen LogP contribution in [0.5, 0.6) is 0 Å². The number of thioether (sulfide) groups is 1. The van der Waals surface area contributed by atoms with Gasteiger partial charge in [-0.25, -0.2) is 15.0 Å². The number of non-ortho nitro benzene ring substituents is 1. The maximum atomic E-state index is 11.0. The number of rotatable bonds is 11. The van der Waals surface area contributed by atoms with Gasteiger partial charge in [0.2, 0.25) is 5.91 Å². The summed E-state index contributed by atoms with van der Waals surface area (Å²) < 4.78 is 7.54. The highest BCUT2D eigenvalue weighted by Crippen LogP contribution is 2.33. The molecule has 2 aromatic heterocycles. The molecule has 4 N–H and O–H groups in total. The first-order chi connectivity index (χ1) is 17.3. The molecule has 14 heteroatoms. The first-order valence-electron chi connectivity index (χ1n) is 11.3. The molecule has 1 fully saturated rings. The lowest BCUT2D eigenvalue weighted by Crippen LogP contribution is -2.33. The minimum atomic E-state index is -1.17. The number of hydrogen-bond acceptors (Lipinski definition) is 11. The van der Waals surface area contributed by atoms with Crippen molar-refractivity contribution in [3.8, 4) is 0 Å². The smallest absolute Gasteiger partial charge is 0.269 e. The Labute approximate surface area is 210 Å². The van der Waals surface area contributed by atoms with Crippen molar-refractivity contribution in [1.29, 1.82) is 0 Å². The van der Waals surface area contributed by atoms with Crippen LogP contribution < -0.4 is 10.6 Å². The third kappa shape index (κ3) is 5.90. The van der Waals surface area contributed by atoms with Crippen LogP contribution in [0.4, 0.5) is 11.5 Å². The lowest BCUT2D eigenvalue weighted by molar-refractivity contribution is -0.384. The van der Waals surface area contributed by atoms with Crippen LogP contribution >= 0.6 is 11.8 Å². The molecule has 3 aromatic rings. The van der Waals surface area contributed by atoms with Gasteiger partial charge in [-0.1, -0.05) is 12.1 Å². The molecular formula is C22H27N7O6S. The minimum Gasteiger partial charge on any atom is -0.387 e. The summed E-state index contributed by atoms with van der Waals surface area (Å²) in [6.45, 7) is 2.47. The molecule has 0 bridgehead atoms. The number of aliphatic hydroxyl groups is 2. The molecule has 192 valence electrons. The molecule has 0 saturated carbocycles. The third-order valence-electron chi connectivity index (χ3n) is 5.73. The number of carbonyl (C=O) groups excluding carboxylic acids is 1. The zero-order valence-corrected chi connectivity index (χ0v) is 20.3. The van der Waals surface area contributed by atoms with Gasteiger partial charge in [0.25, 0.3) is 5.69 Å². The van der Waals surface area contributed by atoms with E-state index in [4.69, 9.17) is 4.74 Å². The van der Waals surface area contributed by atoms with E-state index < -0.39 is 29.5 Å². The van der Waals surface area contributed by atoms with E-state index in [-0.39, 0.29) is 11.6 Å². The highest BCUT2D eigenvalue weighted by atomic mass is 32.2. The molecular weight excluding hydrogens is 490 g/mol. The van der Waals surface area contributed by atoms with Crippen LogP contribution in [0.3, 0.4) is 0 Å². The van der Waals surface area contributed by atoms with Crippen molar-refractivity contribution >= 4 is 40.3 Å². The van der Waals surface area contributed by atoms with Gasteiger partial charge in [-0.05, 0) is 12.0 Å². The minimum absolute atomic E-state index is 0.0435. The molecule has 1 aliphatic heterocycles. The Morgan fingerprint density at radius 1 is 1.19 bits per heavy atom. The molecule has 13 nitrogen and oxygen atoms in total.